The van der Waals surface area contributed by atoms with Crippen molar-refractivity contribution in [1.82, 2.24) is 0 Å². The fourth-order valence-electron chi connectivity index (χ4n) is 2.21. The Morgan fingerprint density at radius 2 is 1.76 bits per heavy atom. The summed E-state index contributed by atoms with van der Waals surface area (Å²) in [4.78, 5) is 24.2. The van der Waals surface area contributed by atoms with Gasteiger partial charge in [-0.05, 0) is 12.0 Å². The van der Waals surface area contributed by atoms with Crippen LogP contribution in [0.1, 0.15) is 44.6 Å². The number of alkyl halides is 3. The highest BCUT2D eigenvalue weighted by Crippen LogP contribution is 2.26. The number of benzene rings is 1. The minimum absolute atomic E-state index is 0.0852. The molecule has 0 amide bonds. The third-order valence-electron chi connectivity index (χ3n) is 3.52. The fourth-order valence-corrected chi connectivity index (χ4v) is 2.38. The van der Waals surface area contributed by atoms with E-state index in [4.69, 9.17) is 44.3 Å². The molecule has 0 radical (unpaired) electrons. The Labute approximate surface area is 163 Å². The summed E-state index contributed by atoms with van der Waals surface area (Å²) >= 11 is 16.7. The van der Waals surface area contributed by atoms with Crippen molar-refractivity contribution in [2.45, 2.75) is 49.4 Å². The summed E-state index contributed by atoms with van der Waals surface area (Å²) < 4.78 is 8.59. The zero-order valence-electron chi connectivity index (χ0n) is 14.2. The molecule has 0 aromatic heterocycles. The molecule has 0 aliphatic rings. The zero-order valence-corrected chi connectivity index (χ0v) is 16.4. The van der Waals surface area contributed by atoms with Gasteiger partial charge in [-0.1, -0.05) is 91.3 Å². The fraction of sp³-hybridized carbons (Fsp3) is 0.556. The highest BCUT2D eigenvalue weighted by Gasteiger charge is 2.27. The first-order valence-electron chi connectivity index (χ1n) is 8.24. The summed E-state index contributed by atoms with van der Waals surface area (Å²) in [5.74, 6) is -1.55. The maximum absolute atomic E-state index is 12.3. The molecule has 1 atom stereocenters. The van der Waals surface area contributed by atoms with Gasteiger partial charge in [0, 0.05) is 0 Å². The average Bonchev–Trinajstić information content (AvgIpc) is 2.57. The third-order valence-corrected chi connectivity index (χ3v) is 3.85. The van der Waals surface area contributed by atoms with Gasteiger partial charge in [-0.2, -0.15) is 0 Å². The molecule has 0 saturated heterocycles. The molecule has 25 heavy (non-hydrogen) atoms. The molecule has 0 spiro atoms. The van der Waals surface area contributed by atoms with Crippen LogP contribution in [0.25, 0.3) is 0 Å². The molecule has 0 heterocycles. The first kappa shape index (κ1) is 22.1. The summed E-state index contributed by atoms with van der Waals surface area (Å²) in [6.45, 7) is 1.89. The van der Waals surface area contributed by atoms with E-state index in [1.54, 1.807) is 0 Å². The van der Waals surface area contributed by atoms with Crippen LogP contribution in [0, 0.1) is 5.92 Å². The number of unbranched alkanes of at least 4 members (excludes halogenated alkanes) is 2. The minimum Gasteiger partial charge on any atom is -0.461 e. The molecule has 1 aromatic carbocycles. The number of hydrogen-bond acceptors (Lipinski definition) is 4. The van der Waals surface area contributed by atoms with E-state index in [2.05, 4.69) is 6.92 Å². The molecule has 0 aliphatic heterocycles. The van der Waals surface area contributed by atoms with E-state index in [1.807, 2.05) is 30.3 Å². The summed E-state index contributed by atoms with van der Waals surface area (Å²) in [7, 11) is 0. The van der Waals surface area contributed by atoms with Gasteiger partial charge in [0.1, 0.15) is 13.2 Å². The van der Waals surface area contributed by atoms with Crippen molar-refractivity contribution < 1.29 is 19.1 Å². The van der Waals surface area contributed by atoms with Crippen LogP contribution in [0.2, 0.25) is 0 Å². The van der Waals surface area contributed by atoms with Crippen molar-refractivity contribution in [2.24, 2.45) is 5.92 Å². The van der Waals surface area contributed by atoms with Crippen molar-refractivity contribution in [3.63, 3.8) is 0 Å². The predicted molar refractivity (Wildman–Crippen MR) is 99.7 cm³/mol. The lowest BCUT2D eigenvalue weighted by atomic mass is 9.98. The molecule has 1 aromatic rings. The molecule has 0 unspecified atom stereocenters. The maximum atomic E-state index is 12.3. The minimum atomic E-state index is -1.67. The Kier molecular flexibility index (Phi) is 10.2. The van der Waals surface area contributed by atoms with Crippen LogP contribution < -0.4 is 0 Å². The number of rotatable bonds is 10. The van der Waals surface area contributed by atoms with Gasteiger partial charge < -0.3 is 9.47 Å². The Morgan fingerprint density at radius 3 is 2.36 bits per heavy atom. The largest absolute Gasteiger partial charge is 0.461 e. The van der Waals surface area contributed by atoms with Crippen LogP contribution in [-0.2, 0) is 25.7 Å². The number of carbonyl (C=O) groups excluding carboxylic acids is 2. The quantitative estimate of drug-likeness (QED) is 0.302. The van der Waals surface area contributed by atoms with Crippen LogP contribution in [0.15, 0.2) is 30.3 Å². The normalized spacial score (nSPS) is 12.5. The van der Waals surface area contributed by atoms with Crippen molar-refractivity contribution >= 4 is 46.7 Å². The van der Waals surface area contributed by atoms with Crippen LogP contribution >= 0.6 is 34.8 Å². The molecule has 0 bridgehead atoms. The van der Waals surface area contributed by atoms with Gasteiger partial charge in [0.05, 0.1) is 12.3 Å². The zero-order chi connectivity index (χ0) is 18.7. The van der Waals surface area contributed by atoms with Gasteiger partial charge in [-0.25, -0.2) is 0 Å². The van der Waals surface area contributed by atoms with Crippen LogP contribution in [0.5, 0.6) is 0 Å². The van der Waals surface area contributed by atoms with Gasteiger partial charge in [0.15, 0.2) is 0 Å². The van der Waals surface area contributed by atoms with Gasteiger partial charge in [0.2, 0.25) is 3.79 Å². The second-order valence-electron chi connectivity index (χ2n) is 5.77. The first-order chi connectivity index (χ1) is 11.8. The number of carbonyl (C=O) groups is 2. The SMILES string of the molecule is CCCCC[C@@H](CC(=O)OCC(Cl)(Cl)Cl)C(=O)OCc1ccccc1. The Balaban J connectivity index is 2.55. The topological polar surface area (TPSA) is 52.6 Å². The van der Waals surface area contributed by atoms with Crippen molar-refractivity contribution in [2.75, 3.05) is 6.61 Å². The molecule has 0 N–H and O–H groups in total. The Bertz CT molecular complexity index is 529. The molecule has 4 nitrogen and oxygen atoms in total. The molecular formula is C18H23Cl3O4. The summed E-state index contributed by atoms with van der Waals surface area (Å²) in [6, 6.07) is 9.37. The van der Waals surface area contributed by atoms with Crippen LogP contribution in [0.4, 0.5) is 0 Å². The van der Waals surface area contributed by atoms with Crippen molar-refractivity contribution in [1.29, 1.82) is 0 Å². The number of hydrogen-bond donors (Lipinski definition) is 0. The molecule has 7 heteroatoms. The number of halogens is 3. The van der Waals surface area contributed by atoms with Crippen molar-refractivity contribution in [3.05, 3.63) is 35.9 Å². The highest BCUT2D eigenvalue weighted by atomic mass is 35.6. The molecule has 0 saturated carbocycles. The first-order valence-corrected chi connectivity index (χ1v) is 9.38. The smallest absolute Gasteiger partial charge is 0.309 e. The van der Waals surface area contributed by atoms with E-state index in [1.165, 1.54) is 0 Å². The van der Waals surface area contributed by atoms with E-state index in [0.717, 1.165) is 24.8 Å². The predicted octanol–water partition coefficient (Wildman–Crippen LogP) is 5.23. The standard InChI is InChI=1S/C18H23Cl3O4/c1-2-3-5-10-15(11-16(22)25-13-18(19,20)21)17(23)24-12-14-8-6-4-7-9-14/h4,6-9,15H,2-3,5,10-13H2,1H3/t15-/m0/s1. The number of ether oxygens (including phenoxy) is 2. The Hall–Kier alpha value is -0.970. The van der Waals surface area contributed by atoms with E-state index in [-0.39, 0.29) is 19.6 Å². The lowest BCUT2D eigenvalue weighted by Crippen LogP contribution is -2.24. The lowest BCUT2D eigenvalue weighted by molar-refractivity contribution is -0.156. The average molecular weight is 410 g/mol. The Morgan fingerprint density at radius 1 is 1.08 bits per heavy atom. The van der Waals surface area contributed by atoms with Gasteiger partial charge in [0.25, 0.3) is 0 Å². The van der Waals surface area contributed by atoms with Gasteiger partial charge in [-0.15, -0.1) is 0 Å². The summed E-state index contributed by atoms with van der Waals surface area (Å²) in [6.07, 6.45) is 3.30. The molecule has 0 fully saturated rings. The molecule has 1 rings (SSSR count). The van der Waals surface area contributed by atoms with Crippen LogP contribution in [-0.4, -0.2) is 22.3 Å². The summed E-state index contributed by atoms with van der Waals surface area (Å²) in [5, 5.41) is 0. The molecule has 0 aliphatic carbocycles. The maximum Gasteiger partial charge on any atom is 0.309 e. The van der Waals surface area contributed by atoms with E-state index in [0.29, 0.717) is 6.42 Å². The van der Waals surface area contributed by atoms with Crippen molar-refractivity contribution in [3.8, 4) is 0 Å². The van der Waals surface area contributed by atoms with Gasteiger partial charge in [-0.3, -0.25) is 9.59 Å². The second-order valence-corrected chi connectivity index (χ2v) is 8.28. The van der Waals surface area contributed by atoms with E-state index in [9.17, 15) is 9.59 Å². The van der Waals surface area contributed by atoms with Crippen LogP contribution in [0.3, 0.4) is 0 Å². The van der Waals surface area contributed by atoms with E-state index >= 15 is 0 Å². The van der Waals surface area contributed by atoms with Gasteiger partial charge >= 0.3 is 11.9 Å². The third kappa shape index (κ3) is 10.6. The monoisotopic (exact) mass is 408 g/mol. The summed E-state index contributed by atoms with van der Waals surface area (Å²) in [5.41, 5.74) is 0.891. The second kappa shape index (κ2) is 11.6. The highest BCUT2D eigenvalue weighted by molar-refractivity contribution is 6.67. The van der Waals surface area contributed by atoms with E-state index < -0.39 is 21.6 Å². The number of esters is 2. The molecule has 140 valence electrons. The molecular weight excluding hydrogens is 387 g/mol. The lowest BCUT2D eigenvalue weighted by Gasteiger charge is -2.17.